The second-order valence-corrected chi connectivity index (χ2v) is 4.20. The van der Waals surface area contributed by atoms with Crippen LogP contribution in [0.25, 0.3) is 0 Å². The molecule has 0 aromatic rings. The van der Waals surface area contributed by atoms with E-state index in [-0.39, 0.29) is 11.9 Å². The zero-order valence-electron chi connectivity index (χ0n) is 8.95. The fourth-order valence-electron chi connectivity index (χ4n) is 2.44. The number of hydrogen-bond donors (Lipinski definition) is 2. The zero-order chi connectivity index (χ0) is 10.7. The molecule has 2 rings (SSSR count). The molecule has 0 aliphatic carbocycles. The van der Waals surface area contributed by atoms with Crippen LogP contribution in [0.1, 0.15) is 12.8 Å². The third-order valence-corrected chi connectivity index (χ3v) is 3.27. The maximum atomic E-state index is 11.3. The molecule has 0 bridgehead atoms. The Bertz CT molecular complexity index is 229. The average Bonchev–Trinajstić information content (AvgIpc) is 2.30. The Labute approximate surface area is 89.9 Å². The fourth-order valence-corrected chi connectivity index (χ4v) is 2.44. The molecule has 15 heavy (non-hydrogen) atoms. The number of primary amides is 1. The van der Waals surface area contributed by atoms with E-state index in [0.717, 1.165) is 39.1 Å². The van der Waals surface area contributed by atoms with Crippen molar-refractivity contribution >= 4 is 5.91 Å². The van der Waals surface area contributed by atoms with Crippen molar-refractivity contribution in [1.82, 2.24) is 10.2 Å². The lowest BCUT2D eigenvalue weighted by Gasteiger charge is -2.41. The summed E-state index contributed by atoms with van der Waals surface area (Å²) in [5.74, 6) is -0.214. The second-order valence-electron chi connectivity index (χ2n) is 4.20. The monoisotopic (exact) mass is 213 g/mol. The standard InChI is InChI=1S/C10H19N3O2/c11-10(14)9-7-12-3-4-13(9)8-1-5-15-6-2-8/h8-9,12H,1-7H2,(H2,11,14). The molecule has 0 radical (unpaired) electrons. The maximum absolute atomic E-state index is 11.3. The Morgan fingerprint density at radius 2 is 2.13 bits per heavy atom. The summed E-state index contributed by atoms with van der Waals surface area (Å²) in [7, 11) is 0. The minimum Gasteiger partial charge on any atom is -0.381 e. The molecule has 1 unspecified atom stereocenters. The highest BCUT2D eigenvalue weighted by Gasteiger charge is 2.32. The van der Waals surface area contributed by atoms with Crippen molar-refractivity contribution in [2.24, 2.45) is 5.73 Å². The summed E-state index contributed by atoms with van der Waals surface area (Å²) in [6, 6.07) is 0.334. The summed E-state index contributed by atoms with van der Waals surface area (Å²) in [4.78, 5) is 13.6. The lowest BCUT2D eigenvalue weighted by atomic mass is 10.0. The van der Waals surface area contributed by atoms with Gasteiger partial charge < -0.3 is 15.8 Å². The minimum atomic E-state index is -0.214. The first kappa shape index (κ1) is 10.9. The molecule has 1 amide bonds. The van der Waals surface area contributed by atoms with Gasteiger partial charge >= 0.3 is 0 Å². The predicted octanol–water partition coefficient (Wildman–Crippen LogP) is -1.08. The number of ether oxygens (including phenoxy) is 1. The van der Waals surface area contributed by atoms with Crippen molar-refractivity contribution in [3.8, 4) is 0 Å². The van der Waals surface area contributed by atoms with Crippen LogP contribution in [0.2, 0.25) is 0 Å². The van der Waals surface area contributed by atoms with Gasteiger partial charge in [-0.05, 0) is 12.8 Å². The summed E-state index contributed by atoms with van der Waals surface area (Å²) in [5, 5.41) is 3.21. The molecule has 0 saturated carbocycles. The van der Waals surface area contributed by atoms with E-state index in [1.807, 2.05) is 0 Å². The highest BCUT2D eigenvalue weighted by molar-refractivity contribution is 5.80. The lowest BCUT2D eigenvalue weighted by Crippen LogP contribution is -2.60. The van der Waals surface area contributed by atoms with Gasteiger partial charge in [0.05, 0.1) is 0 Å². The number of nitrogens with zero attached hydrogens (tertiary/aromatic N) is 1. The highest BCUT2D eigenvalue weighted by Crippen LogP contribution is 2.18. The van der Waals surface area contributed by atoms with Crippen molar-refractivity contribution < 1.29 is 9.53 Å². The average molecular weight is 213 g/mol. The molecule has 0 spiro atoms. The first-order valence-corrected chi connectivity index (χ1v) is 5.62. The fraction of sp³-hybridized carbons (Fsp3) is 0.900. The summed E-state index contributed by atoms with van der Waals surface area (Å²) < 4.78 is 5.33. The van der Waals surface area contributed by atoms with Crippen LogP contribution in [0, 0.1) is 0 Å². The summed E-state index contributed by atoms with van der Waals surface area (Å²) >= 11 is 0. The SMILES string of the molecule is NC(=O)C1CNCCN1C1CCOCC1. The summed E-state index contributed by atoms with van der Waals surface area (Å²) in [6.45, 7) is 4.16. The molecule has 86 valence electrons. The molecular weight excluding hydrogens is 194 g/mol. The Hall–Kier alpha value is -0.650. The van der Waals surface area contributed by atoms with E-state index in [9.17, 15) is 4.79 Å². The largest absolute Gasteiger partial charge is 0.381 e. The van der Waals surface area contributed by atoms with E-state index in [1.165, 1.54) is 0 Å². The molecule has 0 aromatic heterocycles. The topological polar surface area (TPSA) is 67.6 Å². The van der Waals surface area contributed by atoms with Crippen molar-refractivity contribution in [3.05, 3.63) is 0 Å². The van der Waals surface area contributed by atoms with Crippen LogP contribution in [0.4, 0.5) is 0 Å². The van der Waals surface area contributed by atoms with E-state index >= 15 is 0 Å². The van der Waals surface area contributed by atoms with Gasteiger partial charge in [0.2, 0.25) is 5.91 Å². The number of hydrogen-bond acceptors (Lipinski definition) is 4. The predicted molar refractivity (Wildman–Crippen MR) is 56.4 cm³/mol. The van der Waals surface area contributed by atoms with Crippen LogP contribution in [0.5, 0.6) is 0 Å². The molecule has 5 heteroatoms. The van der Waals surface area contributed by atoms with E-state index < -0.39 is 0 Å². The van der Waals surface area contributed by atoms with Crippen LogP contribution in [0.3, 0.4) is 0 Å². The van der Waals surface area contributed by atoms with Crippen molar-refractivity contribution in [3.63, 3.8) is 0 Å². The van der Waals surface area contributed by atoms with E-state index in [1.54, 1.807) is 0 Å². The molecular formula is C10H19N3O2. The lowest BCUT2D eigenvalue weighted by molar-refractivity contribution is -0.125. The van der Waals surface area contributed by atoms with Gasteiger partial charge in [-0.25, -0.2) is 0 Å². The summed E-state index contributed by atoms with van der Waals surface area (Å²) in [5.41, 5.74) is 5.41. The van der Waals surface area contributed by atoms with Gasteiger partial charge in [0.15, 0.2) is 0 Å². The number of carbonyl (C=O) groups is 1. The molecule has 2 aliphatic heterocycles. The first-order valence-electron chi connectivity index (χ1n) is 5.62. The minimum absolute atomic E-state index is 0.137. The normalized spacial score (nSPS) is 30.3. The summed E-state index contributed by atoms with van der Waals surface area (Å²) in [6.07, 6.45) is 2.04. The molecule has 2 fully saturated rings. The van der Waals surface area contributed by atoms with Gasteiger partial charge in [0.25, 0.3) is 0 Å². The number of rotatable bonds is 2. The van der Waals surface area contributed by atoms with Gasteiger partial charge in [-0.15, -0.1) is 0 Å². The first-order chi connectivity index (χ1) is 7.29. The molecule has 3 N–H and O–H groups in total. The van der Waals surface area contributed by atoms with E-state index in [2.05, 4.69) is 10.2 Å². The molecule has 0 aromatic carbocycles. The molecule has 5 nitrogen and oxygen atoms in total. The van der Waals surface area contributed by atoms with Crippen LogP contribution < -0.4 is 11.1 Å². The molecule has 2 saturated heterocycles. The van der Waals surface area contributed by atoms with E-state index in [0.29, 0.717) is 12.6 Å². The Morgan fingerprint density at radius 1 is 1.40 bits per heavy atom. The number of carbonyl (C=O) groups excluding carboxylic acids is 1. The van der Waals surface area contributed by atoms with Crippen LogP contribution in [-0.2, 0) is 9.53 Å². The van der Waals surface area contributed by atoms with E-state index in [4.69, 9.17) is 10.5 Å². The Kier molecular flexibility index (Phi) is 3.56. The smallest absolute Gasteiger partial charge is 0.236 e. The number of amides is 1. The van der Waals surface area contributed by atoms with Gasteiger partial charge in [-0.2, -0.15) is 0 Å². The van der Waals surface area contributed by atoms with Gasteiger partial charge in [-0.1, -0.05) is 0 Å². The second kappa shape index (κ2) is 4.92. The number of piperazine rings is 1. The maximum Gasteiger partial charge on any atom is 0.236 e. The number of nitrogens with two attached hydrogens (primary N) is 1. The third kappa shape index (κ3) is 2.48. The Balaban J connectivity index is 1.99. The number of nitrogens with one attached hydrogen (secondary N) is 1. The van der Waals surface area contributed by atoms with Gasteiger partial charge in [-0.3, -0.25) is 9.69 Å². The van der Waals surface area contributed by atoms with Crippen molar-refractivity contribution in [2.75, 3.05) is 32.8 Å². The van der Waals surface area contributed by atoms with Crippen LogP contribution >= 0.6 is 0 Å². The third-order valence-electron chi connectivity index (χ3n) is 3.27. The van der Waals surface area contributed by atoms with Crippen molar-refractivity contribution in [1.29, 1.82) is 0 Å². The Morgan fingerprint density at radius 3 is 2.80 bits per heavy atom. The van der Waals surface area contributed by atoms with Gasteiger partial charge in [0.1, 0.15) is 6.04 Å². The molecule has 2 heterocycles. The van der Waals surface area contributed by atoms with Gasteiger partial charge in [0, 0.05) is 38.9 Å². The quantitative estimate of drug-likeness (QED) is 0.612. The van der Waals surface area contributed by atoms with Crippen molar-refractivity contribution in [2.45, 2.75) is 24.9 Å². The van der Waals surface area contributed by atoms with Crippen LogP contribution in [-0.4, -0.2) is 55.7 Å². The highest BCUT2D eigenvalue weighted by atomic mass is 16.5. The zero-order valence-corrected chi connectivity index (χ0v) is 8.95. The molecule has 2 aliphatic rings. The molecule has 1 atom stereocenters. The van der Waals surface area contributed by atoms with Crippen LogP contribution in [0.15, 0.2) is 0 Å².